The summed E-state index contributed by atoms with van der Waals surface area (Å²) in [7, 11) is -3.17. The van der Waals surface area contributed by atoms with Crippen molar-refractivity contribution in [3.05, 3.63) is 24.3 Å². The van der Waals surface area contributed by atoms with Gasteiger partial charge >= 0.3 is 0 Å². The van der Waals surface area contributed by atoms with Gasteiger partial charge in [-0.3, -0.25) is 0 Å². The van der Waals surface area contributed by atoms with E-state index >= 15 is 0 Å². The van der Waals surface area contributed by atoms with E-state index in [2.05, 4.69) is 17.1 Å². The molecule has 0 aromatic heterocycles. The second-order valence-electron chi connectivity index (χ2n) is 7.35. The van der Waals surface area contributed by atoms with Gasteiger partial charge in [-0.1, -0.05) is 6.42 Å². The predicted molar refractivity (Wildman–Crippen MR) is 103 cm³/mol. The largest absolute Gasteiger partial charge is 0.492 e. The summed E-state index contributed by atoms with van der Waals surface area (Å²) >= 11 is 0. The second kappa shape index (κ2) is 7.86. The number of hydrogen-bond acceptors (Lipinski definition) is 4. The number of ether oxygens (including phenoxy) is 1. The predicted octanol–water partition coefficient (Wildman–Crippen LogP) is 2.31. The lowest BCUT2D eigenvalue weighted by atomic mass is 9.68. The Balaban J connectivity index is 1.51. The summed E-state index contributed by atoms with van der Waals surface area (Å²) in [6, 6.07) is 6.51. The van der Waals surface area contributed by atoms with Crippen molar-refractivity contribution in [1.29, 1.82) is 0 Å². The minimum absolute atomic E-state index is 0.302. The smallest absolute Gasteiger partial charge is 0.194 e. The monoisotopic (exact) mass is 379 g/mol. The molecule has 1 saturated heterocycles. The van der Waals surface area contributed by atoms with Gasteiger partial charge in [-0.05, 0) is 55.9 Å². The number of hydrogen-bond donors (Lipinski definition) is 1. The molecule has 0 atom stereocenters. The lowest BCUT2D eigenvalue weighted by Gasteiger charge is -2.38. The van der Waals surface area contributed by atoms with Crippen LogP contribution < -0.4 is 10.1 Å². The third-order valence-corrected chi connectivity index (χ3v) is 6.49. The molecule has 1 aliphatic carbocycles. The molecule has 0 amide bonds. The second-order valence-corrected chi connectivity index (χ2v) is 9.37. The summed E-state index contributed by atoms with van der Waals surface area (Å²) in [6.07, 6.45) is 6.56. The van der Waals surface area contributed by atoms with E-state index in [0.29, 0.717) is 29.2 Å². The van der Waals surface area contributed by atoms with E-state index in [1.165, 1.54) is 31.9 Å². The Hall–Kier alpha value is -1.76. The van der Waals surface area contributed by atoms with Crippen molar-refractivity contribution in [3.63, 3.8) is 0 Å². The molecule has 2 fully saturated rings. The Bertz CT molecular complexity index is 740. The Morgan fingerprint density at radius 3 is 2.54 bits per heavy atom. The van der Waals surface area contributed by atoms with Crippen LogP contribution in [-0.2, 0) is 9.84 Å². The lowest BCUT2D eigenvalue weighted by molar-refractivity contribution is 0.151. The van der Waals surface area contributed by atoms with Crippen LogP contribution >= 0.6 is 0 Å². The molecular weight excluding hydrogens is 350 g/mol. The van der Waals surface area contributed by atoms with Gasteiger partial charge in [-0.15, -0.1) is 0 Å². The highest BCUT2D eigenvalue weighted by molar-refractivity contribution is 7.90. The van der Waals surface area contributed by atoms with Gasteiger partial charge in [-0.25, -0.2) is 13.4 Å². The van der Waals surface area contributed by atoms with E-state index < -0.39 is 9.84 Å². The molecule has 3 rings (SSSR count). The highest BCUT2D eigenvalue weighted by atomic mass is 32.2. The summed E-state index contributed by atoms with van der Waals surface area (Å²) in [4.78, 5) is 7.38. The Morgan fingerprint density at radius 1 is 1.27 bits per heavy atom. The molecule has 144 valence electrons. The van der Waals surface area contributed by atoms with Gasteiger partial charge in [0.05, 0.1) is 11.4 Å². The number of benzene rings is 1. The van der Waals surface area contributed by atoms with Crippen molar-refractivity contribution in [2.75, 3.05) is 39.0 Å². The number of sulfone groups is 1. The first kappa shape index (κ1) is 19.0. The van der Waals surface area contributed by atoms with Crippen molar-refractivity contribution >= 4 is 15.8 Å². The topological polar surface area (TPSA) is 71.0 Å². The van der Waals surface area contributed by atoms with Crippen LogP contribution in [0.25, 0.3) is 0 Å². The molecule has 1 spiro atoms. The van der Waals surface area contributed by atoms with Crippen LogP contribution in [0.3, 0.4) is 0 Å². The highest BCUT2D eigenvalue weighted by Gasteiger charge is 2.43. The zero-order chi connectivity index (χ0) is 18.6. The van der Waals surface area contributed by atoms with Gasteiger partial charge < -0.3 is 15.0 Å². The molecule has 1 aromatic carbocycles. The van der Waals surface area contributed by atoms with Gasteiger partial charge in [0, 0.05) is 25.9 Å². The molecule has 7 heteroatoms. The molecule has 1 saturated carbocycles. The molecule has 26 heavy (non-hydrogen) atoms. The first-order chi connectivity index (χ1) is 12.4. The first-order valence-corrected chi connectivity index (χ1v) is 11.3. The third kappa shape index (κ3) is 4.50. The number of rotatable bonds is 6. The van der Waals surface area contributed by atoms with Crippen LogP contribution in [0.5, 0.6) is 5.75 Å². The standard InChI is InChI=1S/C19H29N3O3S/c1-3-20-18(22-13-11-19(15-22)9-4-10-19)21-12-14-25-16-5-7-17(8-6-16)26(2,23)24/h5-8H,3-4,9-15H2,1-2H3,(H,20,21). The van der Waals surface area contributed by atoms with Gasteiger partial charge in [0.2, 0.25) is 0 Å². The Morgan fingerprint density at radius 2 is 2.00 bits per heavy atom. The maximum atomic E-state index is 11.5. The van der Waals surface area contributed by atoms with Crippen LogP contribution in [0, 0.1) is 5.41 Å². The molecule has 0 unspecified atom stereocenters. The summed E-state index contributed by atoms with van der Waals surface area (Å²) in [5, 5.41) is 3.39. The lowest BCUT2D eigenvalue weighted by Crippen LogP contribution is -2.42. The van der Waals surface area contributed by atoms with Crippen LogP contribution in [-0.4, -0.2) is 58.3 Å². The molecule has 0 radical (unpaired) electrons. The maximum Gasteiger partial charge on any atom is 0.194 e. The zero-order valence-corrected chi connectivity index (χ0v) is 16.5. The van der Waals surface area contributed by atoms with Crippen molar-refractivity contribution in [2.45, 2.75) is 37.5 Å². The molecule has 1 aromatic rings. The summed E-state index contributed by atoms with van der Waals surface area (Å²) < 4.78 is 28.6. The normalized spacial score (nSPS) is 19.5. The molecule has 1 aliphatic heterocycles. The van der Waals surface area contributed by atoms with E-state index in [9.17, 15) is 8.42 Å². The first-order valence-electron chi connectivity index (χ1n) is 9.38. The van der Waals surface area contributed by atoms with Gasteiger partial charge in [0.25, 0.3) is 0 Å². The van der Waals surface area contributed by atoms with Crippen molar-refractivity contribution in [1.82, 2.24) is 10.2 Å². The van der Waals surface area contributed by atoms with E-state index in [0.717, 1.165) is 25.6 Å². The fourth-order valence-electron chi connectivity index (χ4n) is 3.72. The fraction of sp³-hybridized carbons (Fsp3) is 0.632. The van der Waals surface area contributed by atoms with Gasteiger partial charge in [0.15, 0.2) is 15.8 Å². The van der Waals surface area contributed by atoms with Crippen molar-refractivity contribution in [2.24, 2.45) is 10.4 Å². The van der Waals surface area contributed by atoms with Crippen molar-refractivity contribution in [3.8, 4) is 5.75 Å². The molecule has 0 bridgehead atoms. The highest BCUT2D eigenvalue weighted by Crippen LogP contribution is 2.47. The zero-order valence-electron chi connectivity index (χ0n) is 15.7. The Labute approximate surface area is 156 Å². The minimum atomic E-state index is -3.17. The SMILES string of the molecule is CCNC(=NCCOc1ccc(S(C)(=O)=O)cc1)N1CCC2(CCC2)C1. The molecule has 2 aliphatic rings. The van der Waals surface area contributed by atoms with Gasteiger partial charge in [-0.2, -0.15) is 0 Å². The van der Waals surface area contributed by atoms with Gasteiger partial charge in [0.1, 0.15) is 12.4 Å². The number of aliphatic imine (C=N–C) groups is 1. The molecule has 6 nitrogen and oxygen atoms in total. The summed E-state index contributed by atoms with van der Waals surface area (Å²) in [5.41, 5.74) is 0.550. The average molecular weight is 380 g/mol. The number of guanidine groups is 1. The van der Waals surface area contributed by atoms with E-state index in [-0.39, 0.29) is 0 Å². The summed E-state index contributed by atoms with van der Waals surface area (Å²) in [6.45, 7) is 6.18. The molecule has 1 heterocycles. The summed E-state index contributed by atoms with van der Waals surface area (Å²) in [5.74, 6) is 1.64. The fourth-order valence-corrected chi connectivity index (χ4v) is 4.36. The molecular formula is C19H29N3O3S. The third-order valence-electron chi connectivity index (χ3n) is 5.36. The average Bonchev–Trinajstić information content (AvgIpc) is 3.03. The van der Waals surface area contributed by atoms with E-state index in [1.54, 1.807) is 24.3 Å². The number of likely N-dealkylation sites (tertiary alicyclic amines) is 1. The minimum Gasteiger partial charge on any atom is -0.492 e. The van der Waals surface area contributed by atoms with Crippen LogP contribution in [0.2, 0.25) is 0 Å². The number of nitrogens with zero attached hydrogens (tertiary/aromatic N) is 2. The van der Waals surface area contributed by atoms with Crippen LogP contribution in [0.4, 0.5) is 0 Å². The van der Waals surface area contributed by atoms with E-state index in [4.69, 9.17) is 9.73 Å². The quantitative estimate of drug-likeness (QED) is 0.467. The van der Waals surface area contributed by atoms with Crippen molar-refractivity contribution < 1.29 is 13.2 Å². The van der Waals surface area contributed by atoms with E-state index in [1.807, 2.05) is 0 Å². The molecule has 1 N–H and O–H groups in total. The maximum absolute atomic E-state index is 11.5. The number of nitrogens with one attached hydrogen (secondary N) is 1. The van der Waals surface area contributed by atoms with Crippen LogP contribution in [0.1, 0.15) is 32.6 Å². The Kier molecular flexibility index (Phi) is 5.75. The van der Waals surface area contributed by atoms with Crippen LogP contribution in [0.15, 0.2) is 34.2 Å².